The summed E-state index contributed by atoms with van der Waals surface area (Å²) < 4.78 is 21.2. The second-order valence-corrected chi connectivity index (χ2v) is 7.00. The van der Waals surface area contributed by atoms with Gasteiger partial charge in [-0.15, -0.1) is 0 Å². The van der Waals surface area contributed by atoms with E-state index in [1.165, 1.54) is 19.9 Å². The number of carboxylic acid groups (broad SMARTS) is 2. The van der Waals surface area contributed by atoms with Gasteiger partial charge in [0.25, 0.3) is 0 Å². The Kier molecular flexibility index (Phi) is 6.73. The Bertz CT molecular complexity index is 1240. The van der Waals surface area contributed by atoms with Crippen LogP contribution in [0.15, 0.2) is 18.4 Å². The van der Waals surface area contributed by atoms with E-state index in [1.807, 2.05) is 0 Å². The zero-order chi connectivity index (χ0) is 25.2. The summed E-state index contributed by atoms with van der Waals surface area (Å²) in [5.74, 6) is -5.99. The maximum Gasteiger partial charge on any atom is 0.347 e. The molecule has 0 spiro atoms. The molecular formula is C22H18O12. The molecule has 1 aliphatic rings. The van der Waals surface area contributed by atoms with Crippen LogP contribution in [0.25, 0.3) is 0 Å². The number of ether oxygens (including phenoxy) is 4. The number of aryl methyl sites for hydroxylation is 1. The van der Waals surface area contributed by atoms with Crippen molar-refractivity contribution < 1.29 is 58.6 Å². The molecule has 34 heavy (non-hydrogen) atoms. The van der Waals surface area contributed by atoms with Gasteiger partial charge in [-0.25, -0.2) is 14.4 Å². The summed E-state index contributed by atoms with van der Waals surface area (Å²) in [6.07, 6.45) is 1.82. The van der Waals surface area contributed by atoms with E-state index in [-0.39, 0.29) is 51.4 Å². The maximum absolute atomic E-state index is 12.9. The molecule has 0 fully saturated rings. The number of carbonyl (C=O) groups is 4. The molecule has 0 saturated carbocycles. The third-order valence-corrected chi connectivity index (χ3v) is 4.85. The molecule has 0 radical (unpaired) electrons. The Morgan fingerprint density at radius 1 is 1.09 bits per heavy atom. The lowest BCUT2D eigenvalue weighted by atomic mass is 10.0. The average Bonchev–Trinajstić information content (AvgIpc) is 2.89. The third kappa shape index (κ3) is 4.34. The number of aromatic carboxylic acids is 1. The van der Waals surface area contributed by atoms with Crippen molar-refractivity contribution in [2.75, 3.05) is 6.79 Å². The molecule has 0 amide bonds. The second kappa shape index (κ2) is 9.50. The minimum absolute atomic E-state index is 0.122. The van der Waals surface area contributed by atoms with Gasteiger partial charge in [0.15, 0.2) is 30.3 Å². The monoisotopic (exact) mass is 474 g/mol. The molecule has 1 aliphatic heterocycles. The second-order valence-electron chi connectivity index (χ2n) is 7.00. The van der Waals surface area contributed by atoms with Crippen LogP contribution in [0.1, 0.15) is 47.8 Å². The van der Waals surface area contributed by atoms with Crippen molar-refractivity contribution in [2.24, 2.45) is 0 Å². The highest BCUT2D eigenvalue weighted by molar-refractivity contribution is 6.02. The summed E-state index contributed by atoms with van der Waals surface area (Å²) in [6.45, 7) is 1.73. The van der Waals surface area contributed by atoms with Gasteiger partial charge in [-0.1, -0.05) is 0 Å². The maximum atomic E-state index is 12.9. The smallest absolute Gasteiger partial charge is 0.347 e. The minimum Gasteiger partial charge on any atom is -0.507 e. The largest absolute Gasteiger partial charge is 0.507 e. The molecule has 12 heteroatoms. The fourth-order valence-corrected chi connectivity index (χ4v) is 3.33. The summed E-state index contributed by atoms with van der Waals surface area (Å²) in [5.41, 5.74) is -1.30. The molecule has 0 bridgehead atoms. The van der Waals surface area contributed by atoms with Gasteiger partial charge in [0.2, 0.25) is 0 Å². The minimum atomic E-state index is -1.53. The number of phenols is 2. The van der Waals surface area contributed by atoms with Crippen molar-refractivity contribution in [3.8, 4) is 28.7 Å². The first-order chi connectivity index (χ1) is 16.1. The Morgan fingerprint density at radius 3 is 2.41 bits per heavy atom. The predicted octanol–water partition coefficient (Wildman–Crippen LogP) is 2.64. The molecule has 12 nitrogen and oxygen atoms in total. The van der Waals surface area contributed by atoms with Crippen LogP contribution in [-0.2, 0) is 20.9 Å². The normalized spacial score (nSPS) is 12.2. The number of aromatic hydroxyl groups is 2. The summed E-state index contributed by atoms with van der Waals surface area (Å²) in [6, 6.07) is 1.17. The molecule has 0 saturated heterocycles. The lowest BCUT2D eigenvalue weighted by Gasteiger charge is -2.18. The molecule has 0 aliphatic carbocycles. The van der Waals surface area contributed by atoms with E-state index in [9.17, 15) is 34.5 Å². The van der Waals surface area contributed by atoms with Crippen molar-refractivity contribution in [3.05, 3.63) is 51.8 Å². The number of aldehydes is 1. The van der Waals surface area contributed by atoms with Crippen molar-refractivity contribution >= 4 is 24.2 Å². The van der Waals surface area contributed by atoms with Gasteiger partial charge < -0.3 is 39.4 Å². The number of rotatable bonds is 8. The van der Waals surface area contributed by atoms with Crippen LogP contribution in [-0.4, -0.2) is 51.4 Å². The summed E-state index contributed by atoms with van der Waals surface area (Å²) in [4.78, 5) is 46.8. The van der Waals surface area contributed by atoms with Crippen molar-refractivity contribution in [1.82, 2.24) is 0 Å². The van der Waals surface area contributed by atoms with E-state index in [4.69, 9.17) is 24.1 Å². The van der Waals surface area contributed by atoms with E-state index >= 15 is 0 Å². The first-order valence-electron chi connectivity index (χ1n) is 9.50. The van der Waals surface area contributed by atoms with Gasteiger partial charge >= 0.3 is 17.9 Å². The Balaban J connectivity index is 2.13. The standard InChI is InChI=1S/C22H18O12/c1-9-5-13(24)11(6-23)19-15(9)22(30)34-20-12(7-32-8-31-4-3-14(25)26)17(27)16(21(28)29)10(2)18(20)33-19/h3-6,24,27H,7-8H2,1-2H3,(H,25,26)(H,28,29). The lowest BCUT2D eigenvalue weighted by Crippen LogP contribution is -2.12. The number of carboxylic acids is 2. The van der Waals surface area contributed by atoms with E-state index in [1.54, 1.807) is 0 Å². The van der Waals surface area contributed by atoms with Crippen LogP contribution in [0, 0.1) is 13.8 Å². The fourth-order valence-electron chi connectivity index (χ4n) is 3.33. The number of benzene rings is 2. The fraction of sp³-hybridized carbons (Fsp3) is 0.182. The Labute approximate surface area is 191 Å². The number of esters is 1. The Hall–Kier alpha value is -4.58. The lowest BCUT2D eigenvalue weighted by molar-refractivity contribution is -0.131. The third-order valence-electron chi connectivity index (χ3n) is 4.85. The molecule has 0 unspecified atom stereocenters. The predicted molar refractivity (Wildman–Crippen MR) is 111 cm³/mol. The van der Waals surface area contributed by atoms with Crippen LogP contribution in [0.2, 0.25) is 0 Å². The molecule has 0 atom stereocenters. The quantitative estimate of drug-likeness (QED) is 0.0834. The average molecular weight is 474 g/mol. The van der Waals surface area contributed by atoms with Crippen molar-refractivity contribution in [3.63, 3.8) is 0 Å². The van der Waals surface area contributed by atoms with Gasteiger partial charge in [-0.05, 0) is 25.5 Å². The zero-order valence-corrected chi connectivity index (χ0v) is 17.8. The van der Waals surface area contributed by atoms with Gasteiger partial charge in [0.1, 0.15) is 22.6 Å². The van der Waals surface area contributed by atoms with E-state index in [0.717, 1.165) is 6.26 Å². The molecule has 178 valence electrons. The number of aliphatic carboxylic acids is 1. The molecule has 0 aromatic heterocycles. The summed E-state index contributed by atoms with van der Waals surface area (Å²) >= 11 is 0. The number of carbonyl (C=O) groups excluding carboxylic acids is 2. The van der Waals surface area contributed by atoms with Crippen LogP contribution < -0.4 is 9.47 Å². The molecular weight excluding hydrogens is 456 g/mol. The van der Waals surface area contributed by atoms with Gasteiger partial charge in [0, 0.05) is 5.56 Å². The summed E-state index contributed by atoms with van der Waals surface area (Å²) in [7, 11) is 0. The van der Waals surface area contributed by atoms with Gasteiger partial charge in [-0.3, -0.25) is 4.79 Å². The number of phenolic OH excluding ortho intramolecular Hbond substituents is 1. The first-order valence-corrected chi connectivity index (χ1v) is 9.50. The van der Waals surface area contributed by atoms with Crippen molar-refractivity contribution in [1.29, 1.82) is 0 Å². The van der Waals surface area contributed by atoms with Crippen molar-refractivity contribution in [2.45, 2.75) is 20.5 Å². The Morgan fingerprint density at radius 2 is 1.79 bits per heavy atom. The first kappa shape index (κ1) is 24.1. The molecule has 1 heterocycles. The van der Waals surface area contributed by atoms with Gasteiger partial charge in [-0.2, -0.15) is 0 Å². The van der Waals surface area contributed by atoms with Crippen LogP contribution in [0.4, 0.5) is 0 Å². The van der Waals surface area contributed by atoms with E-state index < -0.39 is 48.4 Å². The topological polar surface area (TPSA) is 186 Å². The number of fused-ring (bicyclic) bond motifs is 2. The highest BCUT2D eigenvalue weighted by Crippen LogP contribution is 2.50. The SMILES string of the molecule is Cc1cc(O)c(C=O)c2c1C(=O)Oc1c(COCOC=CC(=O)O)c(O)c(C(=O)O)c(C)c1O2. The molecule has 2 aromatic carbocycles. The van der Waals surface area contributed by atoms with Crippen LogP contribution in [0.5, 0.6) is 28.7 Å². The highest BCUT2D eigenvalue weighted by atomic mass is 16.7. The van der Waals surface area contributed by atoms with E-state index in [2.05, 4.69) is 0 Å². The van der Waals surface area contributed by atoms with Crippen LogP contribution in [0.3, 0.4) is 0 Å². The van der Waals surface area contributed by atoms with Gasteiger partial charge in [0.05, 0.1) is 30.1 Å². The zero-order valence-electron chi connectivity index (χ0n) is 17.8. The number of hydrogen-bond donors (Lipinski definition) is 4. The molecule has 3 rings (SSSR count). The molecule has 2 aromatic rings. The highest BCUT2D eigenvalue weighted by Gasteiger charge is 2.35. The van der Waals surface area contributed by atoms with E-state index in [0.29, 0.717) is 6.08 Å². The summed E-state index contributed by atoms with van der Waals surface area (Å²) in [5, 5.41) is 38.9. The molecule has 4 N–H and O–H groups in total. The van der Waals surface area contributed by atoms with Crippen LogP contribution >= 0.6 is 0 Å². The number of hydrogen-bond acceptors (Lipinski definition) is 10.